The summed E-state index contributed by atoms with van der Waals surface area (Å²) >= 11 is 1.90. The van der Waals surface area contributed by atoms with E-state index in [1.165, 1.54) is 11.3 Å². The van der Waals surface area contributed by atoms with Gasteiger partial charge in [-0.2, -0.15) is 0 Å². The van der Waals surface area contributed by atoms with E-state index in [0.29, 0.717) is 0 Å². The van der Waals surface area contributed by atoms with Crippen LogP contribution < -0.4 is 5.32 Å². The molecular formula is C13H19NS. The van der Waals surface area contributed by atoms with Crippen LogP contribution in [-0.4, -0.2) is 18.8 Å². The highest BCUT2D eigenvalue weighted by Crippen LogP contribution is 2.15. The SMILES string of the molecule is C=CCCCNCCSc1ccccc1. The van der Waals surface area contributed by atoms with Gasteiger partial charge < -0.3 is 5.32 Å². The summed E-state index contributed by atoms with van der Waals surface area (Å²) in [5, 5.41) is 3.42. The number of benzene rings is 1. The first kappa shape index (κ1) is 12.3. The molecule has 0 aliphatic heterocycles. The van der Waals surface area contributed by atoms with Gasteiger partial charge in [-0.1, -0.05) is 24.3 Å². The van der Waals surface area contributed by atoms with Gasteiger partial charge in [-0.05, 0) is 31.5 Å². The van der Waals surface area contributed by atoms with Crippen molar-refractivity contribution in [2.24, 2.45) is 0 Å². The number of nitrogens with one attached hydrogen (secondary N) is 1. The van der Waals surface area contributed by atoms with Gasteiger partial charge in [-0.15, -0.1) is 18.3 Å². The minimum atomic E-state index is 1.08. The first-order chi connectivity index (χ1) is 7.43. The lowest BCUT2D eigenvalue weighted by Crippen LogP contribution is -2.18. The Morgan fingerprint density at radius 2 is 2.00 bits per heavy atom. The summed E-state index contributed by atoms with van der Waals surface area (Å²) in [5.41, 5.74) is 0. The zero-order valence-corrected chi connectivity index (χ0v) is 9.93. The van der Waals surface area contributed by atoms with Crippen LogP contribution in [0.25, 0.3) is 0 Å². The summed E-state index contributed by atoms with van der Waals surface area (Å²) in [6.45, 7) is 5.88. The van der Waals surface area contributed by atoms with Crippen molar-refractivity contribution >= 4 is 11.8 Å². The van der Waals surface area contributed by atoms with Crippen LogP contribution in [0.2, 0.25) is 0 Å². The maximum atomic E-state index is 3.70. The summed E-state index contributed by atoms with van der Waals surface area (Å²) in [6.07, 6.45) is 4.28. The second-order valence-electron chi connectivity index (χ2n) is 3.34. The zero-order valence-electron chi connectivity index (χ0n) is 9.11. The van der Waals surface area contributed by atoms with Gasteiger partial charge >= 0.3 is 0 Å². The molecule has 0 amide bonds. The summed E-state index contributed by atoms with van der Waals surface area (Å²) in [4.78, 5) is 1.35. The van der Waals surface area contributed by atoms with E-state index in [2.05, 4.69) is 42.2 Å². The molecule has 1 aromatic rings. The molecule has 0 spiro atoms. The van der Waals surface area contributed by atoms with Crippen molar-refractivity contribution in [3.8, 4) is 0 Å². The van der Waals surface area contributed by atoms with Gasteiger partial charge in [0, 0.05) is 17.2 Å². The highest BCUT2D eigenvalue weighted by molar-refractivity contribution is 7.99. The Morgan fingerprint density at radius 1 is 1.20 bits per heavy atom. The maximum Gasteiger partial charge on any atom is 0.0106 e. The molecule has 2 heteroatoms. The lowest BCUT2D eigenvalue weighted by atomic mass is 10.3. The van der Waals surface area contributed by atoms with Crippen LogP contribution in [0.4, 0.5) is 0 Å². The van der Waals surface area contributed by atoms with Crippen molar-refractivity contribution in [2.45, 2.75) is 17.7 Å². The monoisotopic (exact) mass is 221 g/mol. The molecule has 0 bridgehead atoms. The van der Waals surface area contributed by atoms with E-state index < -0.39 is 0 Å². The molecule has 0 heterocycles. The second-order valence-corrected chi connectivity index (χ2v) is 4.51. The largest absolute Gasteiger partial charge is 0.316 e. The molecular weight excluding hydrogens is 202 g/mol. The molecule has 0 fully saturated rings. The molecule has 0 saturated carbocycles. The van der Waals surface area contributed by atoms with Crippen molar-refractivity contribution < 1.29 is 0 Å². The lowest BCUT2D eigenvalue weighted by Gasteiger charge is -2.03. The Morgan fingerprint density at radius 3 is 2.73 bits per heavy atom. The van der Waals surface area contributed by atoms with E-state index in [-0.39, 0.29) is 0 Å². The summed E-state index contributed by atoms with van der Waals surface area (Å²) in [5.74, 6) is 1.14. The first-order valence-corrected chi connectivity index (χ1v) is 6.41. The van der Waals surface area contributed by atoms with Crippen LogP contribution in [0, 0.1) is 0 Å². The standard InChI is InChI=1S/C13H19NS/c1-2-3-7-10-14-11-12-15-13-8-5-4-6-9-13/h2,4-6,8-9,14H,1,3,7,10-12H2. The third-order valence-electron chi connectivity index (χ3n) is 2.05. The fourth-order valence-corrected chi connectivity index (χ4v) is 2.09. The van der Waals surface area contributed by atoms with Gasteiger partial charge in [-0.3, -0.25) is 0 Å². The summed E-state index contributed by atoms with van der Waals surface area (Å²) in [6, 6.07) is 10.5. The molecule has 0 aromatic heterocycles. The summed E-state index contributed by atoms with van der Waals surface area (Å²) in [7, 11) is 0. The molecule has 15 heavy (non-hydrogen) atoms. The third-order valence-corrected chi connectivity index (χ3v) is 3.07. The minimum Gasteiger partial charge on any atom is -0.316 e. The van der Waals surface area contributed by atoms with Gasteiger partial charge in [0.15, 0.2) is 0 Å². The second kappa shape index (κ2) is 8.57. The van der Waals surface area contributed by atoms with E-state index in [1.54, 1.807) is 0 Å². The predicted molar refractivity (Wildman–Crippen MR) is 69.5 cm³/mol. The third kappa shape index (κ3) is 6.37. The van der Waals surface area contributed by atoms with Crippen LogP contribution in [0.15, 0.2) is 47.9 Å². The van der Waals surface area contributed by atoms with Crippen molar-refractivity contribution in [1.82, 2.24) is 5.32 Å². The van der Waals surface area contributed by atoms with E-state index in [0.717, 1.165) is 25.3 Å². The number of rotatable bonds is 8. The molecule has 0 radical (unpaired) electrons. The highest BCUT2D eigenvalue weighted by atomic mass is 32.2. The first-order valence-electron chi connectivity index (χ1n) is 5.43. The van der Waals surface area contributed by atoms with Crippen molar-refractivity contribution in [1.29, 1.82) is 0 Å². The number of hydrogen-bond acceptors (Lipinski definition) is 2. The van der Waals surface area contributed by atoms with Crippen LogP contribution in [-0.2, 0) is 0 Å². The number of hydrogen-bond donors (Lipinski definition) is 1. The molecule has 0 aliphatic carbocycles. The fraction of sp³-hybridized carbons (Fsp3) is 0.385. The van der Waals surface area contributed by atoms with Crippen LogP contribution in [0.3, 0.4) is 0 Å². The minimum absolute atomic E-state index is 1.08. The van der Waals surface area contributed by atoms with Gasteiger partial charge in [0.25, 0.3) is 0 Å². The normalized spacial score (nSPS) is 10.1. The average Bonchev–Trinajstić information content (AvgIpc) is 2.29. The molecule has 0 saturated heterocycles. The smallest absolute Gasteiger partial charge is 0.0106 e. The van der Waals surface area contributed by atoms with Crippen molar-refractivity contribution in [3.63, 3.8) is 0 Å². The molecule has 1 aromatic carbocycles. The van der Waals surface area contributed by atoms with Crippen LogP contribution in [0.5, 0.6) is 0 Å². The van der Waals surface area contributed by atoms with E-state index >= 15 is 0 Å². The van der Waals surface area contributed by atoms with E-state index in [4.69, 9.17) is 0 Å². The molecule has 1 nitrogen and oxygen atoms in total. The number of thioether (sulfide) groups is 1. The Kier molecular flexibility index (Phi) is 7.05. The molecule has 0 aliphatic rings. The Labute approximate surface area is 97.0 Å². The van der Waals surface area contributed by atoms with Crippen molar-refractivity contribution in [2.75, 3.05) is 18.8 Å². The number of allylic oxidation sites excluding steroid dienone is 1. The zero-order chi connectivity index (χ0) is 10.8. The molecule has 0 atom stereocenters. The fourth-order valence-electron chi connectivity index (χ4n) is 1.25. The number of unbranched alkanes of at least 4 members (excludes halogenated alkanes) is 1. The molecule has 1 rings (SSSR count). The van der Waals surface area contributed by atoms with Crippen molar-refractivity contribution in [3.05, 3.63) is 43.0 Å². The van der Waals surface area contributed by atoms with Crippen LogP contribution >= 0.6 is 11.8 Å². The Balaban J connectivity index is 1.95. The van der Waals surface area contributed by atoms with Gasteiger partial charge in [0.05, 0.1) is 0 Å². The van der Waals surface area contributed by atoms with Gasteiger partial charge in [0.2, 0.25) is 0 Å². The molecule has 82 valence electrons. The average molecular weight is 221 g/mol. The highest BCUT2D eigenvalue weighted by Gasteiger charge is 1.91. The van der Waals surface area contributed by atoms with E-state index in [1.807, 2.05) is 17.8 Å². The Bertz CT molecular complexity index is 258. The van der Waals surface area contributed by atoms with Gasteiger partial charge in [0.1, 0.15) is 0 Å². The quantitative estimate of drug-likeness (QED) is 0.410. The predicted octanol–water partition coefficient (Wildman–Crippen LogP) is 3.33. The summed E-state index contributed by atoms with van der Waals surface area (Å²) < 4.78 is 0. The van der Waals surface area contributed by atoms with Crippen LogP contribution in [0.1, 0.15) is 12.8 Å². The maximum absolute atomic E-state index is 3.70. The topological polar surface area (TPSA) is 12.0 Å². The van der Waals surface area contributed by atoms with E-state index in [9.17, 15) is 0 Å². The Hall–Kier alpha value is -0.730. The lowest BCUT2D eigenvalue weighted by molar-refractivity contribution is 0.683. The molecule has 0 unspecified atom stereocenters. The molecule has 1 N–H and O–H groups in total. The van der Waals surface area contributed by atoms with Gasteiger partial charge in [-0.25, -0.2) is 0 Å².